The zero-order valence-corrected chi connectivity index (χ0v) is 35.6. The molecule has 0 aliphatic heterocycles. The third kappa shape index (κ3) is 18.8. The van der Waals surface area contributed by atoms with Crippen molar-refractivity contribution < 1.29 is 47.0 Å². The molecule has 2 aromatic heterocycles. The van der Waals surface area contributed by atoms with Gasteiger partial charge in [0.1, 0.15) is 5.78 Å². The van der Waals surface area contributed by atoms with Crippen LogP contribution < -0.4 is 16.0 Å². The molecule has 0 aliphatic carbocycles. The van der Waals surface area contributed by atoms with Gasteiger partial charge in [-0.25, -0.2) is 0 Å². The van der Waals surface area contributed by atoms with E-state index in [0.29, 0.717) is 98.5 Å². The molecule has 4 aromatic rings. The molecule has 0 radical (unpaired) electrons. The van der Waals surface area contributed by atoms with E-state index in [2.05, 4.69) is 36.3 Å². The van der Waals surface area contributed by atoms with Crippen LogP contribution in [0.5, 0.6) is 0 Å². The summed E-state index contributed by atoms with van der Waals surface area (Å²) in [5.74, 6) is -0.178. The predicted molar refractivity (Wildman–Crippen MR) is 221 cm³/mol. The number of rotatable bonds is 25. The lowest BCUT2D eigenvalue weighted by molar-refractivity contribution is -0.125. The Labute approximate surface area is 346 Å². The molecule has 59 heavy (non-hydrogen) atoms. The Kier molecular flexibility index (Phi) is 24.4. The van der Waals surface area contributed by atoms with Crippen LogP contribution in [0.2, 0.25) is 0 Å². The lowest BCUT2D eigenvalue weighted by Gasteiger charge is -2.18. The van der Waals surface area contributed by atoms with Gasteiger partial charge in [0, 0.05) is 61.2 Å². The molecular weight excluding hydrogens is 763 g/mol. The average Bonchev–Trinajstić information content (AvgIpc) is 3.94. The largest absolute Gasteiger partial charge is 0.421 e. The number of amides is 3. The van der Waals surface area contributed by atoms with Gasteiger partial charge in [0.15, 0.2) is 0 Å². The number of nitrogens with zero attached hydrogens (tertiary/aromatic N) is 4. The van der Waals surface area contributed by atoms with Crippen LogP contribution >= 0.6 is 0 Å². The van der Waals surface area contributed by atoms with E-state index in [4.69, 9.17) is 27.8 Å². The van der Waals surface area contributed by atoms with Gasteiger partial charge in [-0.3, -0.25) is 19.2 Å². The molecule has 3 amide bonds. The zero-order valence-electron chi connectivity index (χ0n) is 35.6. The minimum atomic E-state index is -0.802. The molecule has 0 saturated heterocycles. The van der Waals surface area contributed by atoms with Crippen LogP contribution in [0.4, 0.5) is 0 Å². The Bertz CT molecular complexity index is 1790. The molecular formula is C42H61N7O10. The number of aromatic nitrogens is 4. The summed E-state index contributed by atoms with van der Waals surface area (Å²) >= 11 is 0. The van der Waals surface area contributed by atoms with Crippen LogP contribution in [-0.4, -0.2) is 116 Å². The van der Waals surface area contributed by atoms with E-state index in [1.54, 1.807) is 55.5 Å². The smallest absolute Gasteiger partial charge is 0.251 e. The topological polar surface area (TPSA) is 219 Å². The number of hydrogen-bond donors (Lipinski definition) is 3. The number of nitrogens with one attached hydrogen (secondary N) is 3. The molecule has 324 valence electrons. The highest BCUT2D eigenvalue weighted by Crippen LogP contribution is 2.22. The molecule has 17 heteroatoms. The van der Waals surface area contributed by atoms with Gasteiger partial charge in [0.25, 0.3) is 11.8 Å². The highest BCUT2D eigenvalue weighted by Gasteiger charge is 2.22. The van der Waals surface area contributed by atoms with Crippen molar-refractivity contribution in [3.63, 3.8) is 0 Å². The molecule has 3 N–H and O–H groups in total. The summed E-state index contributed by atoms with van der Waals surface area (Å²) in [5.41, 5.74) is 2.05. The summed E-state index contributed by atoms with van der Waals surface area (Å²) in [7, 11) is 0. The van der Waals surface area contributed by atoms with E-state index in [0.717, 1.165) is 0 Å². The maximum absolute atomic E-state index is 13.3. The highest BCUT2D eigenvalue weighted by atomic mass is 16.6. The first kappa shape index (κ1) is 49.8. The van der Waals surface area contributed by atoms with Crippen molar-refractivity contribution >= 4 is 23.5 Å². The van der Waals surface area contributed by atoms with Gasteiger partial charge in [-0.2, -0.15) is 0 Å². The molecule has 0 bridgehead atoms. The predicted octanol–water partition coefficient (Wildman–Crippen LogP) is 5.21. The number of aryl methyl sites for hydroxylation is 1. The zero-order chi connectivity index (χ0) is 43.4. The number of ether oxygens (including phenoxy) is 4. The fourth-order valence-electron chi connectivity index (χ4n) is 4.79. The van der Waals surface area contributed by atoms with Gasteiger partial charge in [-0.05, 0) is 55.5 Å². The molecule has 0 saturated carbocycles. The second kappa shape index (κ2) is 28.9. The second-order valence-corrected chi connectivity index (χ2v) is 12.7. The van der Waals surface area contributed by atoms with E-state index in [9.17, 15) is 19.2 Å². The third-order valence-electron chi connectivity index (χ3n) is 7.90. The summed E-state index contributed by atoms with van der Waals surface area (Å²) in [5, 5.41) is 24.3. The van der Waals surface area contributed by atoms with Crippen LogP contribution in [0.15, 0.2) is 57.4 Å². The SMILES string of the molecule is CC.CC.CC(=O)CCOCCOCCOCCOCCNC(=O)C(CNC(=O)c1ccc(-c2nnc(C)o2)cc1)CNC(=O)c1ccc(-c2nnc(C(C)C)o2)cc1. The molecule has 0 spiro atoms. The van der Waals surface area contributed by atoms with Crippen molar-refractivity contribution in [1.82, 2.24) is 36.3 Å². The Balaban J connectivity index is 0.00000291. The van der Waals surface area contributed by atoms with Crippen molar-refractivity contribution in [2.24, 2.45) is 5.92 Å². The van der Waals surface area contributed by atoms with E-state index in [1.807, 2.05) is 41.5 Å². The summed E-state index contributed by atoms with van der Waals surface area (Å²) in [6.07, 6.45) is 0.394. The fraction of sp³-hybridized carbons (Fsp3) is 0.524. The molecule has 0 fully saturated rings. The first-order valence-corrected chi connectivity index (χ1v) is 20.1. The summed E-state index contributed by atoms with van der Waals surface area (Å²) < 4.78 is 32.9. The summed E-state index contributed by atoms with van der Waals surface area (Å²) in [4.78, 5) is 50.3. The van der Waals surface area contributed by atoms with Gasteiger partial charge in [0.2, 0.25) is 29.5 Å². The quantitative estimate of drug-likeness (QED) is 0.0732. The van der Waals surface area contributed by atoms with Crippen LogP contribution in [0, 0.1) is 12.8 Å². The van der Waals surface area contributed by atoms with E-state index in [1.165, 1.54) is 6.92 Å². The maximum Gasteiger partial charge on any atom is 0.251 e. The minimum absolute atomic E-state index is 0.0505. The summed E-state index contributed by atoms with van der Waals surface area (Å²) in [6, 6.07) is 13.3. The number of hydrogen-bond acceptors (Lipinski definition) is 14. The normalized spacial score (nSPS) is 11.1. The van der Waals surface area contributed by atoms with Crippen molar-refractivity contribution in [2.45, 2.75) is 67.7 Å². The minimum Gasteiger partial charge on any atom is -0.421 e. The Hall–Kier alpha value is -5.36. The van der Waals surface area contributed by atoms with Crippen molar-refractivity contribution in [3.8, 4) is 22.9 Å². The molecule has 1 unspecified atom stereocenters. The second-order valence-electron chi connectivity index (χ2n) is 12.7. The first-order chi connectivity index (χ1) is 28.6. The van der Waals surface area contributed by atoms with E-state index < -0.39 is 17.7 Å². The molecule has 1 atom stereocenters. The fourth-order valence-corrected chi connectivity index (χ4v) is 4.79. The van der Waals surface area contributed by atoms with E-state index >= 15 is 0 Å². The Morgan fingerprint density at radius 1 is 0.593 bits per heavy atom. The van der Waals surface area contributed by atoms with Gasteiger partial charge >= 0.3 is 0 Å². The van der Waals surface area contributed by atoms with Crippen molar-refractivity contribution in [2.75, 3.05) is 72.5 Å². The first-order valence-electron chi connectivity index (χ1n) is 20.1. The molecule has 2 heterocycles. The maximum atomic E-state index is 13.3. The van der Waals surface area contributed by atoms with Crippen molar-refractivity contribution in [1.29, 1.82) is 0 Å². The molecule has 2 aromatic carbocycles. The van der Waals surface area contributed by atoms with Crippen molar-refractivity contribution in [3.05, 3.63) is 71.4 Å². The number of benzene rings is 2. The molecule has 17 nitrogen and oxygen atoms in total. The van der Waals surface area contributed by atoms with Gasteiger partial charge < -0.3 is 43.7 Å². The Morgan fingerprint density at radius 3 is 1.46 bits per heavy atom. The third-order valence-corrected chi connectivity index (χ3v) is 7.90. The lowest BCUT2D eigenvalue weighted by Crippen LogP contribution is -2.45. The van der Waals surface area contributed by atoms with Crippen LogP contribution in [-0.2, 0) is 28.5 Å². The van der Waals surface area contributed by atoms with Crippen LogP contribution in [0.3, 0.4) is 0 Å². The molecule has 4 rings (SSSR count). The average molecular weight is 824 g/mol. The Morgan fingerprint density at radius 2 is 1.03 bits per heavy atom. The van der Waals surface area contributed by atoms with Gasteiger partial charge in [0.05, 0.1) is 58.8 Å². The van der Waals surface area contributed by atoms with Gasteiger partial charge in [-0.1, -0.05) is 41.5 Å². The highest BCUT2D eigenvalue weighted by molar-refractivity contribution is 5.96. The number of carbonyl (C=O) groups excluding carboxylic acids is 4. The summed E-state index contributed by atoms with van der Waals surface area (Å²) in [6.45, 7) is 18.1. The lowest BCUT2D eigenvalue weighted by atomic mass is 10.1. The number of ketones is 1. The monoisotopic (exact) mass is 823 g/mol. The van der Waals surface area contributed by atoms with Crippen LogP contribution in [0.1, 0.15) is 93.3 Å². The number of Topliss-reactive ketones (excluding diaryl/α,β-unsaturated/α-hetero) is 1. The molecule has 0 aliphatic rings. The standard InChI is InChI=1S/C38H49N7O10.2C2H6/c1-25(2)36-43-45-38(55-36)31-11-7-29(8-12-31)34(48)41-24-32(23-40-33(47)28-5-9-30(10-6-28)37-44-42-27(4)54-37)35(49)39-14-16-51-18-20-53-22-21-52-19-17-50-15-13-26(3)46;2*1-2/h5-12,25,32H,13-24H2,1-4H3,(H,39,49)(H,40,47)(H,41,48);2*1-2H3. The van der Waals surface area contributed by atoms with E-state index in [-0.39, 0.29) is 43.8 Å². The van der Waals surface area contributed by atoms with Crippen LogP contribution in [0.25, 0.3) is 22.9 Å². The van der Waals surface area contributed by atoms with Gasteiger partial charge in [-0.15, -0.1) is 20.4 Å². The number of carbonyl (C=O) groups is 4.